The summed E-state index contributed by atoms with van der Waals surface area (Å²) in [6, 6.07) is 12.6. The third kappa shape index (κ3) is 4.97. The van der Waals surface area contributed by atoms with Crippen molar-refractivity contribution in [3.8, 4) is 11.3 Å². The maximum Gasteiger partial charge on any atom is 0.309 e. The number of rotatable bonds is 6. The number of ether oxygens (including phenoxy) is 1. The molecule has 29 heavy (non-hydrogen) atoms. The van der Waals surface area contributed by atoms with E-state index in [-0.39, 0.29) is 35.5 Å². The summed E-state index contributed by atoms with van der Waals surface area (Å²) in [4.78, 5) is 36.6. The molecule has 0 fully saturated rings. The molecule has 0 atom stereocenters. The lowest BCUT2D eigenvalue weighted by Crippen LogP contribution is -2.25. The van der Waals surface area contributed by atoms with E-state index >= 15 is 0 Å². The monoisotopic (exact) mass is 414 g/mol. The summed E-state index contributed by atoms with van der Waals surface area (Å²) >= 11 is 1.04. The van der Waals surface area contributed by atoms with Crippen molar-refractivity contribution in [3.63, 3.8) is 0 Å². The third-order valence-corrected chi connectivity index (χ3v) is 5.19. The molecule has 0 aliphatic carbocycles. The number of halogens is 1. The fraction of sp³-hybridized carbons (Fsp3) is 0.190. The molecule has 1 aromatic heterocycles. The topological polar surface area (TPSA) is 77.4 Å². The minimum absolute atomic E-state index is 0.148. The second-order valence-electron chi connectivity index (χ2n) is 6.36. The first-order valence-electron chi connectivity index (χ1n) is 8.79. The number of amides is 1. The van der Waals surface area contributed by atoms with Gasteiger partial charge in [0.2, 0.25) is 5.91 Å². The van der Waals surface area contributed by atoms with Gasteiger partial charge >= 0.3 is 10.8 Å². The number of benzene rings is 2. The van der Waals surface area contributed by atoms with Crippen molar-refractivity contribution >= 4 is 28.9 Å². The van der Waals surface area contributed by atoms with Crippen molar-refractivity contribution in [3.05, 3.63) is 74.5 Å². The number of hydrogen-bond acceptors (Lipinski definition) is 5. The van der Waals surface area contributed by atoms with Crippen LogP contribution in [0.4, 0.5) is 10.1 Å². The van der Waals surface area contributed by atoms with E-state index in [1.54, 1.807) is 43.3 Å². The number of anilines is 1. The van der Waals surface area contributed by atoms with Gasteiger partial charge in [0.05, 0.1) is 19.2 Å². The molecule has 0 aliphatic rings. The second-order valence-corrected chi connectivity index (χ2v) is 7.53. The molecule has 150 valence electrons. The molecule has 3 aromatic rings. The number of nitrogens with zero attached hydrogens (tertiary/aromatic N) is 1. The molecule has 1 N–H and O–H groups in total. The Hall–Kier alpha value is -3.26. The SMILES string of the molecule is COC(=O)Cc1ccc(NC(=O)Cn2c(-c3ccc(F)cc3)c(C)sc2=O)cc1. The Labute approximate surface area is 170 Å². The van der Waals surface area contributed by atoms with Crippen molar-refractivity contribution in [1.82, 2.24) is 4.57 Å². The van der Waals surface area contributed by atoms with Crippen molar-refractivity contribution in [1.29, 1.82) is 0 Å². The van der Waals surface area contributed by atoms with Crippen LogP contribution >= 0.6 is 11.3 Å². The molecular weight excluding hydrogens is 395 g/mol. The van der Waals surface area contributed by atoms with Crippen LogP contribution in [0.15, 0.2) is 53.3 Å². The Balaban J connectivity index is 1.75. The number of aromatic nitrogens is 1. The smallest absolute Gasteiger partial charge is 0.309 e. The number of methoxy groups -OCH3 is 1. The highest BCUT2D eigenvalue weighted by molar-refractivity contribution is 7.09. The van der Waals surface area contributed by atoms with E-state index in [0.717, 1.165) is 21.8 Å². The first-order valence-corrected chi connectivity index (χ1v) is 9.61. The van der Waals surface area contributed by atoms with E-state index < -0.39 is 0 Å². The lowest BCUT2D eigenvalue weighted by Gasteiger charge is -2.10. The maximum atomic E-state index is 13.2. The number of esters is 1. The van der Waals surface area contributed by atoms with Crippen molar-refractivity contribution in [2.24, 2.45) is 0 Å². The number of carbonyl (C=O) groups is 2. The van der Waals surface area contributed by atoms with E-state index in [4.69, 9.17) is 0 Å². The first kappa shape index (κ1) is 20.5. The fourth-order valence-corrected chi connectivity index (χ4v) is 3.77. The molecule has 0 saturated heterocycles. The summed E-state index contributed by atoms with van der Waals surface area (Å²) in [6.07, 6.45) is 0.148. The zero-order chi connectivity index (χ0) is 21.0. The lowest BCUT2D eigenvalue weighted by molar-refractivity contribution is -0.139. The number of nitrogens with one attached hydrogen (secondary N) is 1. The Morgan fingerprint density at radius 2 is 1.76 bits per heavy atom. The Morgan fingerprint density at radius 3 is 2.38 bits per heavy atom. The van der Waals surface area contributed by atoms with Crippen molar-refractivity contribution < 1.29 is 18.7 Å². The van der Waals surface area contributed by atoms with E-state index in [1.807, 2.05) is 0 Å². The van der Waals surface area contributed by atoms with Gasteiger partial charge in [-0.1, -0.05) is 23.5 Å². The highest BCUT2D eigenvalue weighted by Crippen LogP contribution is 2.25. The van der Waals surface area contributed by atoms with Gasteiger partial charge < -0.3 is 10.1 Å². The van der Waals surface area contributed by atoms with E-state index in [2.05, 4.69) is 10.1 Å². The molecular formula is C21H19FN2O4S. The Bertz CT molecular complexity index is 1090. The van der Waals surface area contributed by atoms with Crippen molar-refractivity contribution in [2.45, 2.75) is 19.9 Å². The van der Waals surface area contributed by atoms with E-state index in [1.165, 1.54) is 23.8 Å². The molecule has 2 aromatic carbocycles. The standard InChI is InChI=1S/C21H19FN2O4S/c1-13-20(15-5-7-16(22)8-6-15)24(21(27)29-13)12-18(25)23-17-9-3-14(4-10-17)11-19(26)28-2/h3-10H,11-12H2,1-2H3,(H,23,25). The molecule has 0 saturated carbocycles. The molecule has 0 aliphatic heterocycles. The minimum atomic E-state index is -0.371. The van der Waals surface area contributed by atoms with Gasteiger partial charge in [0.15, 0.2) is 0 Å². The number of aryl methyl sites for hydroxylation is 1. The predicted molar refractivity (Wildman–Crippen MR) is 110 cm³/mol. The average molecular weight is 414 g/mol. The van der Waals surface area contributed by atoms with Crippen molar-refractivity contribution in [2.75, 3.05) is 12.4 Å². The van der Waals surface area contributed by atoms with Crippen LogP contribution in [-0.4, -0.2) is 23.6 Å². The third-order valence-electron chi connectivity index (χ3n) is 4.30. The predicted octanol–water partition coefficient (Wildman–Crippen LogP) is 3.38. The van der Waals surface area contributed by atoms with Crippen LogP contribution in [-0.2, 0) is 27.3 Å². The zero-order valence-electron chi connectivity index (χ0n) is 15.9. The fourth-order valence-electron chi connectivity index (χ4n) is 2.92. The molecule has 0 unspecified atom stereocenters. The van der Waals surface area contributed by atoms with Gasteiger partial charge in [0.1, 0.15) is 12.4 Å². The van der Waals surface area contributed by atoms with Gasteiger partial charge in [0, 0.05) is 10.6 Å². The maximum absolute atomic E-state index is 13.2. The quantitative estimate of drug-likeness (QED) is 0.628. The van der Waals surface area contributed by atoms with Crippen LogP contribution in [0.3, 0.4) is 0 Å². The molecule has 3 rings (SSSR count). The van der Waals surface area contributed by atoms with Crippen LogP contribution in [0.1, 0.15) is 10.4 Å². The summed E-state index contributed by atoms with van der Waals surface area (Å²) in [7, 11) is 1.32. The number of thiazole rings is 1. The lowest BCUT2D eigenvalue weighted by atomic mass is 10.1. The molecule has 6 nitrogen and oxygen atoms in total. The van der Waals surface area contributed by atoms with Gasteiger partial charge in [-0.05, 0) is 54.4 Å². The molecule has 8 heteroatoms. The molecule has 1 amide bonds. The minimum Gasteiger partial charge on any atom is -0.469 e. The number of carbonyl (C=O) groups excluding carboxylic acids is 2. The molecule has 0 spiro atoms. The van der Waals surface area contributed by atoms with Gasteiger partial charge in [-0.25, -0.2) is 4.39 Å². The largest absolute Gasteiger partial charge is 0.469 e. The summed E-state index contributed by atoms with van der Waals surface area (Å²) in [5, 5.41) is 2.74. The van der Waals surface area contributed by atoms with Gasteiger partial charge in [-0.2, -0.15) is 0 Å². The van der Waals surface area contributed by atoms with Crippen LogP contribution < -0.4 is 10.2 Å². The van der Waals surface area contributed by atoms with Crippen LogP contribution in [0.5, 0.6) is 0 Å². The van der Waals surface area contributed by atoms with E-state index in [0.29, 0.717) is 16.9 Å². The Morgan fingerprint density at radius 1 is 1.10 bits per heavy atom. The average Bonchev–Trinajstić information content (AvgIpc) is 2.97. The van der Waals surface area contributed by atoms with Crippen LogP contribution in [0.2, 0.25) is 0 Å². The first-order chi connectivity index (χ1) is 13.9. The van der Waals surface area contributed by atoms with Gasteiger partial charge in [0.25, 0.3) is 0 Å². The summed E-state index contributed by atoms with van der Waals surface area (Å²) < 4.78 is 19.2. The highest BCUT2D eigenvalue weighted by Gasteiger charge is 2.16. The molecule has 0 radical (unpaired) electrons. The molecule has 0 bridgehead atoms. The van der Waals surface area contributed by atoms with Crippen LogP contribution in [0, 0.1) is 12.7 Å². The Kier molecular flexibility index (Phi) is 6.23. The van der Waals surface area contributed by atoms with Gasteiger partial charge in [-0.15, -0.1) is 0 Å². The van der Waals surface area contributed by atoms with Crippen LogP contribution in [0.25, 0.3) is 11.3 Å². The summed E-state index contributed by atoms with van der Waals surface area (Å²) in [5.41, 5.74) is 2.58. The highest BCUT2D eigenvalue weighted by atomic mass is 32.1. The van der Waals surface area contributed by atoms with E-state index in [9.17, 15) is 18.8 Å². The summed E-state index contributed by atoms with van der Waals surface area (Å²) in [5.74, 6) is -1.08. The second kappa shape index (κ2) is 8.83. The molecule has 1 heterocycles. The van der Waals surface area contributed by atoms with Gasteiger partial charge in [-0.3, -0.25) is 19.0 Å². The zero-order valence-corrected chi connectivity index (χ0v) is 16.7. The summed E-state index contributed by atoms with van der Waals surface area (Å²) in [6.45, 7) is 1.62. The normalized spacial score (nSPS) is 10.6. The number of hydrogen-bond donors (Lipinski definition) is 1.